The van der Waals surface area contributed by atoms with E-state index in [1.54, 1.807) is 0 Å². The Hall–Kier alpha value is -0.300. The lowest BCUT2D eigenvalue weighted by molar-refractivity contribution is 0.380. The van der Waals surface area contributed by atoms with Gasteiger partial charge < -0.3 is 5.32 Å². The first-order valence-electron chi connectivity index (χ1n) is 5.61. The van der Waals surface area contributed by atoms with Crippen molar-refractivity contribution >= 4 is 0 Å². The van der Waals surface area contributed by atoms with Gasteiger partial charge in [-0.05, 0) is 18.8 Å². The molecule has 1 N–H and O–H groups in total. The molecule has 0 atom stereocenters. The van der Waals surface area contributed by atoms with Gasteiger partial charge >= 0.3 is 0 Å². The van der Waals surface area contributed by atoms with Gasteiger partial charge in [-0.2, -0.15) is 0 Å². The van der Waals surface area contributed by atoms with Crippen LogP contribution in [0.3, 0.4) is 0 Å². The van der Waals surface area contributed by atoms with Crippen molar-refractivity contribution in [2.45, 2.75) is 52.0 Å². The Kier molecular flexibility index (Phi) is 4.51. The molecule has 0 aliphatic heterocycles. The Bertz CT molecular complexity index is 155. The second kappa shape index (κ2) is 5.43. The summed E-state index contributed by atoms with van der Waals surface area (Å²) in [6.07, 6.45) is 6.98. The van der Waals surface area contributed by atoms with Crippen molar-refractivity contribution in [2.24, 2.45) is 5.92 Å². The predicted molar refractivity (Wildman–Crippen MR) is 58.9 cm³/mol. The van der Waals surface area contributed by atoms with Gasteiger partial charge in [-0.1, -0.05) is 45.3 Å². The molecule has 1 aliphatic carbocycles. The number of hydrogen-bond acceptors (Lipinski definition) is 1. The summed E-state index contributed by atoms with van der Waals surface area (Å²) in [5.41, 5.74) is 1.34. The second-order valence-electron chi connectivity index (χ2n) is 4.53. The minimum atomic E-state index is 0.621. The average molecular weight is 181 g/mol. The number of rotatable bonds is 4. The highest BCUT2D eigenvalue weighted by atomic mass is 14.9. The summed E-state index contributed by atoms with van der Waals surface area (Å²) >= 11 is 0. The van der Waals surface area contributed by atoms with Crippen LogP contribution in [0.15, 0.2) is 12.2 Å². The van der Waals surface area contributed by atoms with Gasteiger partial charge in [0.1, 0.15) is 0 Å². The van der Waals surface area contributed by atoms with Crippen LogP contribution in [0.2, 0.25) is 0 Å². The van der Waals surface area contributed by atoms with Crippen LogP contribution in [0.5, 0.6) is 0 Å². The standard InChI is InChI=1S/C12H23N/c1-10(2)11(3)9-13-12-7-5-4-6-8-12/h10,12-13H,3-9H2,1-2H3. The van der Waals surface area contributed by atoms with E-state index >= 15 is 0 Å². The summed E-state index contributed by atoms with van der Waals surface area (Å²) < 4.78 is 0. The first-order valence-corrected chi connectivity index (χ1v) is 5.61. The van der Waals surface area contributed by atoms with Gasteiger partial charge in [-0.3, -0.25) is 0 Å². The van der Waals surface area contributed by atoms with Crippen molar-refractivity contribution in [3.05, 3.63) is 12.2 Å². The molecule has 13 heavy (non-hydrogen) atoms. The van der Waals surface area contributed by atoms with E-state index in [4.69, 9.17) is 0 Å². The molecule has 1 aliphatic rings. The Labute approximate surface area is 82.6 Å². The van der Waals surface area contributed by atoms with Crippen LogP contribution in [0.1, 0.15) is 46.0 Å². The maximum atomic E-state index is 4.08. The van der Waals surface area contributed by atoms with E-state index in [1.165, 1.54) is 37.7 Å². The van der Waals surface area contributed by atoms with Crippen LogP contribution >= 0.6 is 0 Å². The fourth-order valence-corrected chi connectivity index (χ4v) is 1.79. The molecule has 0 bridgehead atoms. The summed E-state index contributed by atoms with van der Waals surface area (Å²) in [5, 5.41) is 3.60. The van der Waals surface area contributed by atoms with Gasteiger partial charge in [-0.15, -0.1) is 0 Å². The zero-order valence-electron chi connectivity index (χ0n) is 9.10. The maximum Gasteiger partial charge on any atom is 0.0167 e. The molecule has 1 saturated carbocycles. The van der Waals surface area contributed by atoms with E-state index < -0.39 is 0 Å². The average Bonchev–Trinajstić information content (AvgIpc) is 2.15. The molecule has 1 rings (SSSR count). The summed E-state index contributed by atoms with van der Waals surface area (Å²) in [5.74, 6) is 0.621. The Morgan fingerprint density at radius 2 is 1.92 bits per heavy atom. The molecule has 0 aromatic heterocycles. The molecular weight excluding hydrogens is 158 g/mol. The first-order chi connectivity index (χ1) is 6.20. The Morgan fingerprint density at radius 3 is 2.46 bits per heavy atom. The third kappa shape index (κ3) is 3.95. The zero-order valence-corrected chi connectivity index (χ0v) is 9.10. The number of hydrogen-bond donors (Lipinski definition) is 1. The van der Waals surface area contributed by atoms with E-state index in [1.807, 2.05) is 0 Å². The van der Waals surface area contributed by atoms with E-state index in [-0.39, 0.29) is 0 Å². The smallest absolute Gasteiger partial charge is 0.0167 e. The fourth-order valence-electron chi connectivity index (χ4n) is 1.79. The fraction of sp³-hybridized carbons (Fsp3) is 0.833. The van der Waals surface area contributed by atoms with Gasteiger partial charge in [0.2, 0.25) is 0 Å². The van der Waals surface area contributed by atoms with Crippen molar-refractivity contribution in [3.8, 4) is 0 Å². The van der Waals surface area contributed by atoms with E-state index in [2.05, 4.69) is 25.7 Å². The summed E-state index contributed by atoms with van der Waals surface area (Å²) in [4.78, 5) is 0. The van der Waals surface area contributed by atoms with Gasteiger partial charge in [0.25, 0.3) is 0 Å². The van der Waals surface area contributed by atoms with Crippen LogP contribution in [-0.4, -0.2) is 12.6 Å². The number of nitrogens with one attached hydrogen (secondary N) is 1. The lowest BCUT2D eigenvalue weighted by Gasteiger charge is -2.24. The lowest BCUT2D eigenvalue weighted by atomic mass is 9.95. The van der Waals surface area contributed by atoms with Crippen LogP contribution < -0.4 is 5.32 Å². The van der Waals surface area contributed by atoms with Crippen LogP contribution in [0.25, 0.3) is 0 Å². The highest BCUT2D eigenvalue weighted by molar-refractivity contribution is 5.00. The van der Waals surface area contributed by atoms with Crippen LogP contribution in [0.4, 0.5) is 0 Å². The van der Waals surface area contributed by atoms with Crippen molar-refractivity contribution in [2.75, 3.05) is 6.54 Å². The van der Waals surface area contributed by atoms with Crippen molar-refractivity contribution in [1.82, 2.24) is 5.32 Å². The van der Waals surface area contributed by atoms with Crippen molar-refractivity contribution in [3.63, 3.8) is 0 Å². The molecule has 0 aromatic carbocycles. The Morgan fingerprint density at radius 1 is 1.31 bits per heavy atom. The summed E-state index contributed by atoms with van der Waals surface area (Å²) in [6.45, 7) is 9.52. The molecule has 0 aromatic rings. The molecule has 0 unspecified atom stereocenters. The maximum absolute atomic E-state index is 4.08. The summed E-state index contributed by atoms with van der Waals surface area (Å²) in [7, 11) is 0. The first kappa shape index (κ1) is 10.8. The van der Waals surface area contributed by atoms with Crippen molar-refractivity contribution < 1.29 is 0 Å². The normalized spacial score (nSPS) is 19.3. The van der Waals surface area contributed by atoms with Crippen LogP contribution in [-0.2, 0) is 0 Å². The molecule has 0 heterocycles. The summed E-state index contributed by atoms with van der Waals surface area (Å²) in [6, 6.07) is 0.768. The minimum absolute atomic E-state index is 0.621. The van der Waals surface area contributed by atoms with E-state index in [0.29, 0.717) is 5.92 Å². The zero-order chi connectivity index (χ0) is 9.68. The molecule has 0 saturated heterocycles. The van der Waals surface area contributed by atoms with Gasteiger partial charge in [0.05, 0.1) is 0 Å². The molecule has 0 amide bonds. The molecule has 0 spiro atoms. The molecule has 76 valence electrons. The molecular formula is C12H23N. The molecule has 1 heteroatoms. The highest BCUT2D eigenvalue weighted by Gasteiger charge is 2.12. The molecule has 0 radical (unpaired) electrons. The lowest BCUT2D eigenvalue weighted by Crippen LogP contribution is -2.32. The second-order valence-corrected chi connectivity index (χ2v) is 4.53. The largest absolute Gasteiger partial charge is 0.310 e. The molecule has 1 nitrogen and oxygen atoms in total. The Balaban J connectivity index is 2.13. The van der Waals surface area contributed by atoms with Crippen LogP contribution in [0, 0.1) is 5.92 Å². The monoisotopic (exact) mass is 181 g/mol. The van der Waals surface area contributed by atoms with Crippen molar-refractivity contribution in [1.29, 1.82) is 0 Å². The van der Waals surface area contributed by atoms with Gasteiger partial charge in [-0.25, -0.2) is 0 Å². The van der Waals surface area contributed by atoms with Gasteiger partial charge in [0, 0.05) is 12.6 Å². The topological polar surface area (TPSA) is 12.0 Å². The predicted octanol–water partition coefficient (Wildman–Crippen LogP) is 3.12. The third-order valence-electron chi connectivity index (χ3n) is 3.04. The molecule has 1 fully saturated rings. The highest BCUT2D eigenvalue weighted by Crippen LogP contribution is 2.17. The SMILES string of the molecule is C=C(CNC1CCCCC1)C(C)C. The minimum Gasteiger partial charge on any atom is -0.310 e. The third-order valence-corrected chi connectivity index (χ3v) is 3.04. The van der Waals surface area contributed by atoms with E-state index in [9.17, 15) is 0 Å². The van der Waals surface area contributed by atoms with E-state index in [0.717, 1.165) is 12.6 Å². The quantitative estimate of drug-likeness (QED) is 0.657. The van der Waals surface area contributed by atoms with Gasteiger partial charge in [0.15, 0.2) is 0 Å².